The number of aromatic nitrogens is 2. The summed E-state index contributed by atoms with van der Waals surface area (Å²) in [5, 5.41) is 7.00. The van der Waals surface area contributed by atoms with E-state index >= 15 is 0 Å². The molecule has 1 aliphatic heterocycles. The van der Waals surface area contributed by atoms with Gasteiger partial charge in [0.1, 0.15) is 0 Å². The van der Waals surface area contributed by atoms with Gasteiger partial charge in [-0.25, -0.2) is 8.42 Å². The molecule has 1 saturated heterocycles. The third-order valence-corrected chi connectivity index (χ3v) is 8.35. The molecule has 0 radical (unpaired) electrons. The Labute approximate surface area is 210 Å². The van der Waals surface area contributed by atoms with Crippen molar-refractivity contribution in [3.8, 4) is 11.5 Å². The van der Waals surface area contributed by atoms with E-state index in [1.54, 1.807) is 48.5 Å². The lowest BCUT2D eigenvalue weighted by molar-refractivity contribution is 0.0639. The number of hydrogen-bond donors (Lipinski definition) is 0. The first-order valence-corrected chi connectivity index (χ1v) is 13.5. The number of anilines is 1. The molecule has 0 bridgehead atoms. The van der Waals surface area contributed by atoms with Crippen LogP contribution in [0.5, 0.6) is 0 Å². The third kappa shape index (κ3) is 6.08. The van der Waals surface area contributed by atoms with Gasteiger partial charge in [-0.2, -0.15) is 8.78 Å². The molecule has 0 N–H and O–H groups in total. The summed E-state index contributed by atoms with van der Waals surface area (Å²) in [6.07, 6.45) is -2.84. The van der Waals surface area contributed by atoms with E-state index in [4.69, 9.17) is 4.42 Å². The minimum absolute atomic E-state index is 0.00151. The number of para-hydroxylation sites is 1. The SMILES string of the molecule is C[C@@H]1CN(CCS(=O)(=O)N(Cc2ccc(-c3nnc(C(F)F)o3)cc2)c2ccccc2)C[C@H](C)N1C. The van der Waals surface area contributed by atoms with E-state index in [0.717, 1.165) is 18.7 Å². The summed E-state index contributed by atoms with van der Waals surface area (Å²) in [6, 6.07) is 16.5. The van der Waals surface area contributed by atoms with Crippen molar-refractivity contribution in [3.05, 3.63) is 66.1 Å². The summed E-state index contributed by atoms with van der Waals surface area (Å²) in [4.78, 5) is 4.52. The van der Waals surface area contributed by atoms with E-state index < -0.39 is 22.3 Å². The molecule has 2 aromatic carbocycles. The molecule has 1 aliphatic rings. The van der Waals surface area contributed by atoms with Crippen LogP contribution in [0.25, 0.3) is 11.5 Å². The molecule has 0 unspecified atom stereocenters. The maximum atomic E-state index is 13.5. The van der Waals surface area contributed by atoms with Crippen LogP contribution in [0, 0.1) is 0 Å². The van der Waals surface area contributed by atoms with Crippen molar-refractivity contribution in [1.82, 2.24) is 20.0 Å². The topological polar surface area (TPSA) is 82.8 Å². The van der Waals surface area contributed by atoms with Crippen molar-refractivity contribution in [2.24, 2.45) is 0 Å². The summed E-state index contributed by atoms with van der Waals surface area (Å²) in [6.45, 7) is 6.54. The Morgan fingerprint density at radius 1 is 1.03 bits per heavy atom. The van der Waals surface area contributed by atoms with Gasteiger partial charge in [-0.1, -0.05) is 30.3 Å². The van der Waals surface area contributed by atoms with Gasteiger partial charge in [0.15, 0.2) is 0 Å². The average Bonchev–Trinajstić information content (AvgIpc) is 3.36. The van der Waals surface area contributed by atoms with E-state index in [1.165, 1.54) is 4.31 Å². The molecule has 194 valence electrons. The Morgan fingerprint density at radius 2 is 1.67 bits per heavy atom. The maximum Gasteiger partial charge on any atom is 0.314 e. The zero-order chi connectivity index (χ0) is 25.9. The molecule has 8 nitrogen and oxygen atoms in total. The zero-order valence-corrected chi connectivity index (χ0v) is 21.4. The van der Waals surface area contributed by atoms with Gasteiger partial charge in [-0.05, 0) is 50.7 Å². The highest BCUT2D eigenvalue weighted by Crippen LogP contribution is 2.26. The smallest absolute Gasteiger partial charge is 0.314 e. The van der Waals surface area contributed by atoms with Crippen LogP contribution in [-0.2, 0) is 16.6 Å². The fourth-order valence-electron chi connectivity index (χ4n) is 4.35. The van der Waals surface area contributed by atoms with Crippen LogP contribution in [0.1, 0.15) is 31.7 Å². The Bertz CT molecular complexity index is 1230. The molecule has 0 amide bonds. The molecule has 11 heteroatoms. The van der Waals surface area contributed by atoms with E-state index in [-0.39, 0.29) is 18.2 Å². The van der Waals surface area contributed by atoms with Crippen molar-refractivity contribution >= 4 is 15.7 Å². The highest BCUT2D eigenvalue weighted by atomic mass is 32.2. The van der Waals surface area contributed by atoms with E-state index in [2.05, 4.69) is 40.9 Å². The molecule has 4 rings (SSSR count). The fourth-order valence-corrected chi connectivity index (χ4v) is 5.85. The van der Waals surface area contributed by atoms with Crippen molar-refractivity contribution in [3.63, 3.8) is 0 Å². The summed E-state index contributed by atoms with van der Waals surface area (Å²) < 4.78 is 59.0. The molecule has 0 spiro atoms. The first kappa shape index (κ1) is 26.2. The van der Waals surface area contributed by atoms with Crippen LogP contribution >= 0.6 is 0 Å². The number of piperazine rings is 1. The number of rotatable bonds is 9. The van der Waals surface area contributed by atoms with Crippen molar-refractivity contribution in [2.75, 3.05) is 36.7 Å². The van der Waals surface area contributed by atoms with Crippen LogP contribution in [0.2, 0.25) is 0 Å². The molecular weight excluding hydrogens is 488 g/mol. The highest BCUT2D eigenvalue weighted by Gasteiger charge is 2.29. The standard InChI is InChI=1S/C25H31F2N5O3S/c1-18-15-31(16-19(2)30(18)3)13-14-36(33,34)32(22-7-5-4-6-8-22)17-20-9-11-21(12-10-20)24-28-29-25(35-24)23(26)27/h4-12,18-19,23H,13-17H2,1-3H3/t18-,19+. The van der Waals surface area contributed by atoms with Crippen LogP contribution in [0.15, 0.2) is 59.0 Å². The number of halogens is 2. The summed E-state index contributed by atoms with van der Waals surface area (Å²) in [5.41, 5.74) is 1.80. The molecule has 0 saturated carbocycles. The normalized spacial score (nSPS) is 19.6. The van der Waals surface area contributed by atoms with Crippen molar-refractivity contribution in [2.45, 2.75) is 38.9 Å². The number of sulfonamides is 1. The van der Waals surface area contributed by atoms with Gasteiger partial charge in [0.25, 0.3) is 5.89 Å². The minimum Gasteiger partial charge on any atom is -0.415 e. The summed E-state index contributed by atoms with van der Waals surface area (Å²) in [5.74, 6) is -0.749. The zero-order valence-electron chi connectivity index (χ0n) is 20.6. The lowest BCUT2D eigenvalue weighted by Crippen LogP contribution is -2.55. The third-order valence-electron chi connectivity index (χ3n) is 6.64. The Kier molecular flexibility index (Phi) is 8.01. The molecule has 2 atom stereocenters. The monoisotopic (exact) mass is 519 g/mol. The predicted molar refractivity (Wildman–Crippen MR) is 134 cm³/mol. The van der Waals surface area contributed by atoms with Crippen LogP contribution in [0.3, 0.4) is 0 Å². The Morgan fingerprint density at radius 3 is 2.25 bits per heavy atom. The second-order valence-corrected chi connectivity index (χ2v) is 11.2. The van der Waals surface area contributed by atoms with Gasteiger partial charge in [-0.3, -0.25) is 14.1 Å². The Hall–Kier alpha value is -2.89. The lowest BCUT2D eigenvalue weighted by Gasteiger charge is -2.42. The van der Waals surface area contributed by atoms with Crippen LogP contribution in [0.4, 0.5) is 14.5 Å². The van der Waals surface area contributed by atoms with Gasteiger partial charge in [0, 0.05) is 37.3 Å². The van der Waals surface area contributed by atoms with E-state index in [1.807, 2.05) is 6.07 Å². The van der Waals surface area contributed by atoms with Gasteiger partial charge in [0.2, 0.25) is 15.9 Å². The molecule has 2 heterocycles. The maximum absolute atomic E-state index is 13.5. The number of alkyl halides is 2. The number of hydrogen-bond acceptors (Lipinski definition) is 7. The first-order valence-electron chi connectivity index (χ1n) is 11.8. The van der Waals surface area contributed by atoms with Crippen LogP contribution < -0.4 is 4.31 Å². The fraction of sp³-hybridized carbons (Fsp3) is 0.440. The minimum atomic E-state index is -3.64. The molecule has 0 aliphatic carbocycles. The second-order valence-electron chi connectivity index (χ2n) is 9.22. The highest BCUT2D eigenvalue weighted by molar-refractivity contribution is 7.92. The van der Waals surface area contributed by atoms with Crippen molar-refractivity contribution in [1.29, 1.82) is 0 Å². The van der Waals surface area contributed by atoms with Gasteiger partial charge >= 0.3 is 6.43 Å². The molecule has 1 fully saturated rings. The summed E-state index contributed by atoms with van der Waals surface area (Å²) >= 11 is 0. The van der Waals surface area contributed by atoms with Gasteiger partial charge in [0.05, 0.1) is 18.0 Å². The largest absolute Gasteiger partial charge is 0.415 e. The lowest BCUT2D eigenvalue weighted by atomic mass is 10.1. The molecule has 36 heavy (non-hydrogen) atoms. The quantitative estimate of drug-likeness (QED) is 0.422. The molecular formula is C25H31F2N5O3S. The molecule has 1 aromatic heterocycles. The molecule has 3 aromatic rings. The number of nitrogens with zero attached hydrogens (tertiary/aromatic N) is 5. The number of likely N-dealkylation sites (N-methyl/N-ethyl adjacent to an activating group) is 1. The average molecular weight is 520 g/mol. The van der Waals surface area contributed by atoms with E-state index in [0.29, 0.717) is 29.9 Å². The predicted octanol–water partition coefficient (Wildman–Crippen LogP) is 4.04. The van der Waals surface area contributed by atoms with Gasteiger partial charge in [-0.15, -0.1) is 10.2 Å². The first-order chi connectivity index (χ1) is 17.1. The van der Waals surface area contributed by atoms with Gasteiger partial charge < -0.3 is 4.42 Å². The van der Waals surface area contributed by atoms with Crippen molar-refractivity contribution < 1.29 is 21.6 Å². The van der Waals surface area contributed by atoms with E-state index in [9.17, 15) is 17.2 Å². The number of benzene rings is 2. The Balaban J connectivity index is 1.50. The van der Waals surface area contributed by atoms with Crippen LogP contribution in [-0.4, -0.2) is 72.9 Å². The second kappa shape index (κ2) is 11.0. The summed E-state index contributed by atoms with van der Waals surface area (Å²) in [7, 11) is -1.54.